The molecule has 18 heavy (non-hydrogen) atoms. The molecule has 0 heterocycles. The Kier molecular flexibility index (Phi) is 7.46. The Morgan fingerprint density at radius 2 is 1.67 bits per heavy atom. The standard InChI is InChI=1S/C16H35NO/c1-9-17-14(10-11-16(6,7)18-8)12-13(2)15(3,4)5/h13-14,17H,9-12H2,1-8H3. The first-order chi connectivity index (χ1) is 8.12. The van der Waals surface area contributed by atoms with E-state index in [0.29, 0.717) is 11.5 Å². The summed E-state index contributed by atoms with van der Waals surface area (Å²) < 4.78 is 5.51. The van der Waals surface area contributed by atoms with Crippen LogP contribution >= 0.6 is 0 Å². The third-order valence-electron chi connectivity index (χ3n) is 4.26. The molecule has 2 unspecified atom stereocenters. The van der Waals surface area contributed by atoms with Gasteiger partial charge in [-0.1, -0.05) is 34.6 Å². The maximum atomic E-state index is 5.51. The largest absolute Gasteiger partial charge is 0.379 e. The summed E-state index contributed by atoms with van der Waals surface area (Å²) in [5.41, 5.74) is 0.392. The van der Waals surface area contributed by atoms with Gasteiger partial charge in [0.05, 0.1) is 5.60 Å². The molecule has 2 nitrogen and oxygen atoms in total. The molecule has 0 aliphatic carbocycles. The van der Waals surface area contributed by atoms with Gasteiger partial charge < -0.3 is 10.1 Å². The molecule has 2 heteroatoms. The molecule has 0 aliphatic heterocycles. The van der Waals surface area contributed by atoms with Crippen LogP contribution in [0.4, 0.5) is 0 Å². The molecule has 0 radical (unpaired) electrons. The van der Waals surface area contributed by atoms with E-state index in [1.807, 2.05) is 0 Å². The number of nitrogens with one attached hydrogen (secondary N) is 1. The summed E-state index contributed by atoms with van der Waals surface area (Å²) >= 11 is 0. The van der Waals surface area contributed by atoms with Crippen molar-refractivity contribution in [1.29, 1.82) is 0 Å². The van der Waals surface area contributed by atoms with E-state index in [-0.39, 0.29) is 5.60 Å². The van der Waals surface area contributed by atoms with E-state index < -0.39 is 0 Å². The van der Waals surface area contributed by atoms with Gasteiger partial charge >= 0.3 is 0 Å². The minimum absolute atomic E-state index is 0.00135. The van der Waals surface area contributed by atoms with Crippen molar-refractivity contribution in [2.24, 2.45) is 11.3 Å². The highest BCUT2D eigenvalue weighted by Gasteiger charge is 2.25. The van der Waals surface area contributed by atoms with Crippen molar-refractivity contribution in [3.05, 3.63) is 0 Å². The molecule has 0 rings (SSSR count). The summed E-state index contributed by atoms with van der Waals surface area (Å²) in [5.74, 6) is 0.729. The number of methoxy groups -OCH3 is 1. The van der Waals surface area contributed by atoms with Crippen LogP contribution in [-0.4, -0.2) is 25.3 Å². The molecule has 0 bridgehead atoms. The molecular formula is C16H35NO. The highest BCUT2D eigenvalue weighted by molar-refractivity contribution is 4.79. The summed E-state index contributed by atoms with van der Waals surface area (Å²) in [6, 6.07) is 0.610. The minimum atomic E-state index is -0.00135. The first-order valence-corrected chi connectivity index (χ1v) is 7.41. The van der Waals surface area contributed by atoms with Gasteiger partial charge in [0.1, 0.15) is 0 Å². The fraction of sp³-hybridized carbons (Fsp3) is 1.00. The Hall–Kier alpha value is -0.0800. The van der Waals surface area contributed by atoms with E-state index in [2.05, 4.69) is 53.8 Å². The van der Waals surface area contributed by atoms with Crippen molar-refractivity contribution in [3.8, 4) is 0 Å². The van der Waals surface area contributed by atoms with Crippen molar-refractivity contribution in [3.63, 3.8) is 0 Å². The van der Waals surface area contributed by atoms with E-state index in [4.69, 9.17) is 4.74 Å². The molecule has 0 saturated heterocycles. The number of ether oxygens (including phenoxy) is 1. The maximum Gasteiger partial charge on any atom is 0.0623 e. The fourth-order valence-electron chi connectivity index (χ4n) is 2.00. The van der Waals surface area contributed by atoms with Gasteiger partial charge in [-0.25, -0.2) is 0 Å². The van der Waals surface area contributed by atoms with Crippen LogP contribution in [0.5, 0.6) is 0 Å². The van der Waals surface area contributed by atoms with Crippen LogP contribution in [0.2, 0.25) is 0 Å². The van der Waals surface area contributed by atoms with Crippen LogP contribution in [0.15, 0.2) is 0 Å². The zero-order chi connectivity index (χ0) is 14.4. The highest BCUT2D eigenvalue weighted by atomic mass is 16.5. The highest BCUT2D eigenvalue weighted by Crippen LogP contribution is 2.30. The first-order valence-electron chi connectivity index (χ1n) is 7.41. The molecule has 0 aromatic carbocycles. The molecule has 0 fully saturated rings. The molecule has 0 saturated carbocycles. The van der Waals surface area contributed by atoms with Gasteiger partial charge in [0.2, 0.25) is 0 Å². The monoisotopic (exact) mass is 257 g/mol. The van der Waals surface area contributed by atoms with Gasteiger partial charge in [-0.05, 0) is 51.0 Å². The van der Waals surface area contributed by atoms with Crippen molar-refractivity contribution in [2.75, 3.05) is 13.7 Å². The minimum Gasteiger partial charge on any atom is -0.379 e. The lowest BCUT2D eigenvalue weighted by atomic mass is 9.77. The average molecular weight is 257 g/mol. The average Bonchev–Trinajstić information content (AvgIpc) is 2.25. The Bertz CT molecular complexity index is 218. The van der Waals surface area contributed by atoms with Crippen LogP contribution in [-0.2, 0) is 4.74 Å². The predicted molar refractivity (Wildman–Crippen MR) is 81.0 cm³/mol. The quantitative estimate of drug-likeness (QED) is 0.702. The molecule has 0 aromatic rings. The van der Waals surface area contributed by atoms with Crippen LogP contribution in [0.25, 0.3) is 0 Å². The number of hydrogen-bond acceptors (Lipinski definition) is 2. The molecular weight excluding hydrogens is 222 g/mol. The molecule has 2 atom stereocenters. The Labute approximate surface area is 115 Å². The van der Waals surface area contributed by atoms with Crippen LogP contribution in [0.3, 0.4) is 0 Å². The van der Waals surface area contributed by atoms with Crippen molar-refractivity contribution in [2.45, 2.75) is 79.4 Å². The lowest BCUT2D eigenvalue weighted by molar-refractivity contribution is 0.0108. The van der Waals surface area contributed by atoms with Crippen LogP contribution in [0, 0.1) is 11.3 Å². The summed E-state index contributed by atoms with van der Waals surface area (Å²) in [6.07, 6.45) is 3.55. The lowest BCUT2D eigenvalue weighted by Gasteiger charge is -2.32. The Morgan fingerprint density at radius 1 is 1.11 bits per heavy atom. The van der Waals surface area contributed by atoms with E-state index in [0.717, 1.165) is 18.9 Å². The molecule has 0 spiro atoms. The fourth-order valence-corrected chi connectivity index (χ4v) is 2.00. The Morgan fingerprint density at radius 3 is 2.06 bits per heavy atom. The normalized spacial score (nSPS) is 16.7. The predicted octanol–water partition coefficient (Wildman–Crippen LogP) is 4.24. The second kappa shape index (κ2) is 7.49. The molecule has 0 amide bonds. The third kappa shape index (κ3) is 7.38. The van der Waals surface area contributed by atoms with Gasteiger partial charge in [-0.3, -0.25) is 0 Å². The third-order valence-corrected chi connectivity index (χ3v) is 4.26. The second-order valence-electron chi connectivity index (χ2n) is 7.26. The summed E-state index contributed by atoms with van der Waals surface area (Å²) in [4.78, 5) is 0. The summed E-state index contributed by atoms with van der Waals surface area (Å²) in [7, 11) is 1.81. The van der Waals surface area contributed by atoms with E-state index >= 15 is 0 Å². The van der Waals surface area contributed by atoms with Gasteiger partial charge in [-0.15, -0.1) is 0 Å². The van der Waals surface area contributed by atoms with E-state index in [9.17, 15) is 0 Å². The number of rotatable bonds is 8. The number of hydrogen-bond donors (Lipinski definition) is 1. The van der Waals surface area contributed by atoms with Crippen molar-refractivity contribution < 1.29 is 4.74 Å². The topological polar surface area (TPSA) is 21.3 Å². The van der Waals surface area contributed by atoms with Gasteiger partial charge in [0.25, 0.3) is 0 Å². The molecule has 110 valence electrons. The summed E-state index contributed by atoms with van der Waals surface area (Å²) in [5, 5.41) is 3.63. The van der Waals surface area contributed by atoms with Crippen LogP contribution in [0.1, 0.15) is 67.7 Å². The van der Waals surface area contributed by atoms with Gasteiger partial charge in [-0.2, -0.15) is 0 Å². The van der Waals surface area contributed by atoms with Crippen molar-refractivity contribution >= 4 is 0 Å². The van der Waals surface area contributed by atoms with E-state index in [1.165, 1.54) is 12.8 Å². The van der Waals surface area contributed by atoms with Crippen LogP contribution < -0.4 is 5.32 Å². The molecule has 1 N–H and O–H groups in total. The van der Waals surface area contributed by atoms with E-state index in [1.54, 1.807) is 7.11 Å². The summed E-state index contributed by atoms with van der Waals surface area (Å²) in [6.45, 7) is 16.9. The van der Waals surface area contributed by atoms with Gasteiger partial charge in [0, 0.05) is 13.2 Å². The smallest absolute Gasteiger partial charge is 0.0623 e. The lowest BCUT2D eigenvalue weighted by Crippen LogP contribution is -2.35. The second-order valence-corrected chi connectivity index (χ2v) is 7.26. The van der Waals surface area contributed by atoms with Gasteiger partial charge in [0.15, 0.2) is 0 Å². The SMILES string of the molecule is CCNC(CCC(C)(C)OC)CC(C)C(C)(C)C. The zero-order valence-corrected chi connectivity index (χ0v) is 13.9. The first kappa shape index (κ1) is 17.9. The molecule has 0 aromatic heterocycles. The molecule has 0 aliphatic rings. The van der Waals surface area contributed by atoms with Crippen molar-refractivity contribution in [1.82, 2.24) is 5.32 Å². The Balaban J connectivity index is 4.31. The zero-order valence-electron chi connectivity index (χ0n) is 13.9. The maximum absolute atomic E-state index is 5.51.